The number of phenols is 1. The van der Waals surface area contributed by atoms with Gasteiger partial charge < -0.3 is 0 Å². The fourth-order valence-electron chi connectivity index (χ4n) is 7.73. The number of benzene rings is 1. The molecule has 4 aliphatic carbocycles. The van der Waals surface area contributed by atoms with Gasteiger partial charge in [0, 0.05) is 0 Å². The zero-order valence-corrected chi connectivity index (χ0v) is 26.7. The Hall–Kier alpha value is -3.15. The molecule has 4 atom stereocenters. The van der Waals surface area contributed by atoms with Crippen molar-refractivity contribution in [1.29, 1.82) is 0 Å². The van der Waals surface area contributed by atoms with Crippen molar-refractivity contribution in [2.75, 3.05) is 46.2 Å². The average Bonchev–Trinajstić information content (AvgIpc) is 3.72. The quantitative estimate of drug-likeness (QED) is 0.253. The maximum absolute atomic E-state index is 14.2. The molecule has 237 valence electrons. The second kappa shape index (κ2) is 11.7. The molecule has 1 aromatic rings. The number of aliphatic hydroxyl groups excluding tert-OH is 2. The summed E-state index contributed by atoms with van der Waals surface area (Å²) in [5.41, 5.74) is 4.83. The number of anilines is 1. The molecule has 0 heterocycles. The summed E-state index contributed by atoms with van der Waals surface area (Å²) in [6, 6.07) is 0.759. The van der Waals surface area contributed by atoms with E-state index < -0.39 is 52.0 Å². The number of rotatable bonds is 10. The molecule has 1 aromatic carbocycles. The van der Waals surface area contributed by atoms with Crippen molar-refractivity contribution >= 4 is 36.1 Å². The Kier molecular flexibility index (Phi) is 8.54. The third kappa shape index (κ3) is 5.26. The first-order valence-corrected chi connectivity index (χ1v) is 15.6. The van der Waals surface area contributed by atoms with Crippen LogP contribution in [0.4, 0.5) is 5.69 Å². The minimum absolute atomic E-state index is 0.0398. The summed E-state index contributed by atoms with van der Waals surface area (Å²) in [5, 5.41) is 46.2. The van der Waals surface area contributed by atoms with Gasteiger partial charge in [-0.15, -0.1) is 0 Å². The van der Waals surface area contributed by atoms with E-state index in [1.54, 1.807) is 25.1 Å². The second-order valence-electron chi connectivity index (χ2n) is 14.1. The molecule has 0 spiro atoms. The van der Waals surface area contributed by atoms with Gasteiger partial charge in [-0.3, -0.25) is 0 Å². The molecule has 6 N–H and O–H groups in total. The van der Waals surface area contributed by atoms with E-state index in [1.807, 2.05) is 19.0 Å². The van der Waals surface area contributed by atoms with Crippen LogP contribution in [-0.2, 0) is 22.6 Å². The van der Waals surface area contributed by atoms with E-state index in [0.717, 1.165) is 36.3 Å². The number of phenolic OH excluding ortho intramolecular Hbond substituents is 1. The van der Waals surface area contributed by atoms with Crippen molar-refractivity contribution in [1.82, 2.24) is 9.80 Å². The molecule has 0 saturated heterocycles. The summed E-state index contributed by atoms with van der Waals surface area (Å²) in [6.45, 7) is 7.02. The van der Waals surface area contributed by atoms with Gasteiger partial charge in [0.05, 0.1) is 0 Å². The van der Waals surface area contributed by atoms with Gasteiger partial charge in [0.15, 0.2) is 0 Å². The summed E-state index contributed by atoms with van der Waals surface area (Å²) in [7, 11) is 13.5. The summed E-state index contributed by atoms with van der Waals surface area (Å²) in [6.07, 6.45) is 4.04. The van der Waals surface area contributed by atoms with E-state index in [9.17, 15) is 30.0 Å². The number of hydrogen-bond donors (Lipinski definition) is 5. The molecule has 1 amide bonds. The van der Waals surface area contributed by atoms with Crippen LogP contribution < -0.4 is 10.6 Å². The summed E-state index contributed by atoms with van der Waals surface area (Å²) >= 11 is 0. The van der Waals surface area contributed by atoms with Crippen molar-refractivity contribution in [3.05, 3.63) is 39.7 Å². The number of aromatic hydroxyl groups is 1. The number of fused-ring (bicyclic) bond motifs is 3. The molecule has 1 radical (unpaired) electrons. The third-order valence-electron chi connectivity index (χ3n) is 9.95. The zero-order valence-electron chi connectivity index (χ0n) is 26.7. The first-order chi connectivity index (χ1) is 20.6. The third-order valence-corrected chi connectivity index (χ3v) is 9.95. The van der Waals surface area contributed by atoms with E-state index in [-0.39, 0.29) is 29.1 Å². The summed E-state index contributed by atoms with van der Waals surface area (Å²) in [5.74, 6) is -3.02. The predicted octanol–water partition coefficient (Wildman–Crippen LogP) is 2.06. The number of ketones is 1. The van der Waals surface area contributed by atoms with Gasteiger partial charge in [0.25, 0.3) is 0 Å². The van der Waals surface area contributed by atoms with Crippen molar-refractivity contribution in [3.63, 3.8) is 0 Å². The molecule has 0 aliphatic heterocycles. The number of aliphatic hydroxyl groups is 3. The molecule has 10 nitrogen and oxygen atoms in total. The minimum atomic E-state index is -2.39. The molecule has 4 aliphatic rings. The Morgan fingerprint density at radius 1 is 1.16 bits per heavy atom. The van der Waals surface area contributed by atoms with Gasteiger partial charge in [-0.25, -0.2) is 0 Å². The Morgan fingerprint density at radius 2 is 1.82 bits per heavy atom. The van der Waals surface area contributed by atoms with E-state index in [4.69, 9.17) is 13.2 Å². The average molecular weight is 606 g/mol. The first kappa shape index (κ1) is 32.3. The Morgan fingerprint density at radius 3 is 2.36 bits per heavy atom. The molecule has 2 saturated carbocycles. The molecular weight excluding hydrogens is 559 g/mol. The number of hydrogen-bond acceptors (Lipinski definition) is 9. The second-order valence-corrected chi connectivity index (χ2v) is 14.1. The number of carbonyl (C=O) groups is 2. The number of primary amides is 1. The summed E-state index contributed by atoms with van der Waals surface area (Å²) < 4.78 is 0. The van der Waals surface area contributed by atoms with E-state index in [2.05, 4.69) is 18.7 Å². The first-order valence-electron chi connectivity index (χ1n) is 15.6. The standard InChI is InChI=1S/C33H46BN4O6/c1-16(2)9-10-38(14-17-7-8-17)15-19-13-22(39)24-20(26(19)36(3)4)11-18-12-21-27(37(5)6)29(41)25(32(35)43)30(34)33(21,44)31(42)23(18)28(24)40/h13,16-18,21,27,39-41,44H,7-12,14-15H2,1-6H3,(H2,35,43)/t18-,21-,27-,33+/m0/s1. The van der Waals surface area contributed by atoms with Gasteiger partial charge in [0.1, 0.15) is 0 Å². The number of likely N-dealkylation sites (N-methyl/N-ethyl adjacent to an activating group) is 1. The van der Waals surface area contributed by atoms with Gasteiger partial charge in [-0.1, -0.05) is 13.8 Å². The van der Waals surface area contributed by atoms with Gasteiger partial charge >= 0.3 is 216 Å². The van der Waals surface area contributed by atoms with Crippen LogP contribution in [0, 0.1) is 23.7 Å². The van der Waals surface area contributed by atoms with Crippen LogP contribution in [0.15, 0.2) is 23.0 Å². The zero-order chi connectivity index (χ0) is 32.4. The molecule has 0 bridgehead atoms. The number of carbonyl (C=O) groups excluding carboxylic acids is 2. The Labute approximate surface area is 260 Å². The molecule has 11 heteroatoms. The molecule has 2 fully saturated rings. The van der Waals surface area contributed by atoms with Crippen LogP contribution >= 0.6 is 0 Å². The van der Waals surface area contributed by atoms with E-state index in [1.165, 1.54) is 12.8 Å². The Balaban J connectivity index is 1.62. The number of nitrogens with two attached hydrogens (primary N) is 1. The van der Waals surface area contributed by atoms with Gasteiger partial charge in [0.2, 0.25) is 0 Å². The van der Waals surface area contributed by atoms with Crippen LogP contribution in [0.25, 0.3) is 5.76 Å². The molecule has 5 rings (SSSR count). The molecule has 44 heavy (non-hydrogen) atoms. The van der Waals surface area contributed by atoms with Crippen molar-refractivity contribution in [3.8, 4) is 5.75 Å². The number of nitrogens with zero attached hydrogens (tertiary/aromatic N) is 3. The van der Waals surface area contributed by atoms with Crippen LogP contribution in [0.3, 0.4) is 0 Å². The SMILES string of the molecule is [B]=C1C(C(N)=O)=C(O)[C@@H](N(C)C)[C@@H]2C[C@@H]3Cc4c(c(O)cc(CN(CCC(C)C)CC5CC5)c4N(C)C)C(O)=C3C(=O)[C@]12O. The molecular formula is C33H46BN4O6. The topological polar surface area (TPSA) is 151 Å². The normalized spacial score (nSPS) is 26.8. The van der Waals surface area contributed by atoms with Crippen LogP contribution in [0.2, 0.25) is 0 Å². The van der Waals surface area contributed by atoms with Crippen LogP contribution in [0.5, 0.6) is 5.75 Å². The number of Topliss-reactive ketones (excluding diaryl/α,β-unsaturated/α-hetero) is 1. The Bertz CT molecular complexity index is 1460. The predicted molar refractivity (Wildman–Crippen MR) is 172 cm³/mol. The van der Waals surface area contributed by atoms with Crippen LogP contribution in [-0.4, -0.2) is 108 Å². The number of amides is 1. The monoisotopic (exact) mass is 605 g/mol. The van der Waals surface area contributed by atoms with Crippen molar-refractivity contribution < 1.29 is 30.0 Å². The van der Waals surface area contributed by atoms with Crippen molar-refractivity contribution in [2.45, 2.75) is 64.1 Å². The van der Waals surface area contributed by atoms with E-state index >= 15 is 0 Å². The van der Waals surface area contributed by atoms with Crippen molar-refractivity contribution in [2.24, 2.45) is 29.4 Å². The van der Waals surface area contributed by atoms with Gasteiger partial charge in [-0.05, 0) is 31.1 Å². The summed E-state index contributed by atoms with van der Waals surface area (Å²) in [4.78, 5) is 32.6. The van der Waals surface area contributed by atoms with Crippen LogP contribution in [0.1, 0.15) is 56.2 Å². The maximum atomic E-state index is 14.2. The van der Waals surface area contributed by atoms with Gasteiger partial charge in [-0.2, -0.15) is 0 Å². The fourth-order valence-corrected chi connectivity index (χ4v) is 7.73. The molecule has 0 unspecified atom stereocenters. The molecule has 0 aromatic heterocycles. The van der Waals surface area contributed by atoms with E-state index in [0.29, 0.717) is 24.8 Å². The fraction of sp³-hybridized carbons (Fsp3) is 0.606.